The monoisotopic (exact) mass is 994 g/mol. The second kappa shape index (κ2) is 49.8. The van der Waals surface area contributed by atoms with E-state index >= 15 is 0 Å². The van der Waals surface area contributed by atoms with Crippen molar-refractivity contribution in [3.05, 3.63) is 36.5 Å². The molecule has 3 atom stereocenters. The van der Waals surface area contributed by atoms with Crippen molar-refractivity contribution in [2.75, 3.05) is 40.9 Å². The number of ether oxygens (including phenoxy) is 1. The Labute approximate surface area is 427 Å². The molecule has 0 aromatic heterocycles. The topological polar surface area (TPSA) is 111 Å². The second-order valence-corrected chi connectivity index (χ2v) is 22.6. The Morgan fingerprint density at radius 2 is 0.841 bits per heavy atom. The van der Waals surface area contributed by atoms with Crippen LogP contribution in [0.1, 0.15) is 278 Å². The molecule has 0 aliphatic heterocycles. The van der Waals surface area contributed by atoms with Crippen LogP contribution in [-0.2, 0) is 27.9 Å². The average molecular weight is 995 g/mol. The lowest BCUT2D eigenvalue weighted by molar-refractivity contribution is -0.870. The van der Waals surface area contributed by atoms with Gasteiger partial charge in [-0.05, 0) is 83.1 Å². The van der Waals surface area contributed by atoms with Crippen LogP contribution in [0.4, 0.5) is 0 Å². The number of nitrogens with one attached hydrogen (secondary N) is 1. The molecule has 0 rings (SSSR count). The Kier molecular flexibility index (Phi) is 48.5. The summed E-state index contributed by atoms with van der Waals surface area (Å²) >= 11 is 0. The molecule has 0 aromatic carbocycles. The van der Waals surface area contributed by atoms with Gasteiger partial charge in [0.25, 0.3) is 0 Å². The third-order valence-corrected chi connectivity index (χ3v) is 14.0. The molecule has 69 heavy (non-hydrogen) atoms. The van der Waals surface area contributed by atoms with Gasteiger partial charge in [0.2, 0.25) is 5.91 Å². The van der Waals surface area contributed by atoms with Crippen LogP contribution in [0.2, 0.25) is 0 Å². The van der Waals surface area contributed by atoms with Gasteiger partial charge in [-0.2, -0.15) is 0 Å². The van der Waals surface area contributed by atoms with Crippen molar-refractivity contribution in [3.8, 4) is 0 Å². The van der Waals surface area contributed by atoms with E-state index in [0.717, 1.165) is 83.5 Å². The molecule has 0 saturated carbocycles. The number of phosphoric ester groups is 1. The Hall–Kier alpha value is -1.77. The van der Waals surface area contributed by atoms with Crippen LogP contribution in [0.15, 0.2) is 36.5 Å². The average Bonchev–Trinajstić information content (AvgIpc) is 3.31. The molecule has 406 valence electrons. The molecule has 1 amide bonds. The highest BCUT2D eigenvalue weighted by Crippen LogP contribution is 2.43. The molecule has 3 unspecified atom stereocenters. The van der Waals surface area contributed by atoms with Gasteiger partial charge in [0.1, 0.15) is 19.3 Å². The maximum atomic E-state index is 13.5. The van der Waals surface area contributed by atoms with E-state index in [9.17, 15) is 19.0 Å². The summed E-state index contributed by atoms with van der Waals surface area (Å²) in [6.07, 6.45) is 58.5. The number of esters is 1. The lowest BCUT2D eigenvalue weighted by Gasteiger charge is -2.27. The summed E-state index contributed by atoms with van der Waals surface area (Å²) in [6, 6.07) is -0.855. The Bertz CT molecular complexity index is 1280. The number of hydrogen-bond acceptors (Lipinski definition) is 6. The van der Waals surface area contributed by atoms with Crippen molar-refractivity contribution in [2.24, 2.45) is 0 Å². The molecule has 9 nitrogen and oxygen atoms in total. The summed E-state index contributed by atoms with van der Waals surface area (Å²) in [6.45, 7) is 7.01. The Morgan fingerprint density at radius 1 is 0.493 bits per heavy atom. The molecular formula is C59H114N2O7P+. The number of carbonyl (C=O) groups excluding carboxylic acids is 2. The van der Waals surface area contributed by atoms with Crippen molar-refractivity contribution in [1.29, 1.82) is 0 Å². The number of allylic oxidation sites excluding steroid dienone is 5. The zero-order valence-electron chi connectivity index (χ0n) is 46.3. The molecule has 0 spiro atoms. The van der Waals surface area contributed by atoms with Gasteiger partial charge in [0, 0.05) is 12.8 Å². The normalized spacial score (nSPS) is 14.0. The van der Waals surface area contributed by atoms with Gasteiger partial charge in [-0.25, -0.2) is 4.57 Å². The fourth-order valence-electron chi connectivity index (χ4n) is 8.46. The van der Waals surface area contributed by atoms with Crippen LogP contribution in [-0.4, -0.2) is 74.3 Å². The first-order valence-corrected chi connectivity index (χ1v) is 30.8. The second-order valence-electron chi connectivity index (χ2n) is 21.2. The summed E-state index contributed by atoms with van der Waals surface area (Å²) < 4.78 is 30.6. The molecule has 0 bridgehead atoms. The minimum atomic E-state index is -4.45. The number of amides is 1. The van der Waals surface area contributed by atoms with E-state index in [2.05, 4.69) is 50.4 Å². The number of phosphoric acid groups is 1. The summed E-state index contributed by atoms with van der Waals surface area (Å²) in [5, 5.41) is 3.04. The van der Waals surface area contributed by atoms with Gasteiger partial charge >= 0.3 is 13.8 Å². The third kappa shape index (κ3) is 51.0. The fourth-order valence-corrected chi connectivity index (χ4v) is 9.19. The molecule has 0 radical (unpaired) electrons. The van der Waals surface area contributed by atoms with Crippen molar-refractivity contribution in [1.82, 2.24) is 5.32 Å². The molecule has 0 aliphatic carbocycles. The quantitative estimate of drug-likeness (QED) is 0.0205. The van der Waals surface area contributed by atoms with Crippen LogP contribution >= 0.6 is 7.82 Å². The summed E-state index contributed by atoms with van der Waals surface area (Å²) in [7, 11) is 1.49. The van der Waals surface area contributed by atoms with Crippen LogP contribution in [0.25, 0.3) is 0 Å². The maximum absolute atomic E-state index is 13.5. The SMILES string of the molecule is CCCCCCCCC/C=C\CCCCCC(=O)OC(/C=C/CCCCCCCCCCCCC)C(COP(=O)(O)OCC[N+](C)(C)C)NC(=O)CCCCCCC/C=C/CCCCCCCCC. The van der Waals surface area contributed by atoms with Crippen LogP contribution in [0, 0.1) is 0 Å². The molecule has 0 fully saturated rings. The van der Waals surface area contributed by atoms with E-state index in [4.69, 9.17) is 13.8 Å². The number of rotatable bonds is 53. The van der Waals surface area contributed by atoms with E-state index in [1.54, 1.807) is 0 Å². The van der Waals surface area contributed by atoms with Crippen LogP contribution < -0.4 is 5.32 Å². The first-order valence-electron chi connectivity index (χ1n) is 29.3. The highest BCUT2D eigenvalue weighted by molar-refractivity contribution is 7.47. The summed E-state index contributed by atoms with van der Waals surface area (Å²) in [5.41, 5.74) is 0. The first kappa shape index (κ1) is 67.2. The Morgan fingerprint density at radius 3 is 1.25 bits per heavy atom. The standard InChI is InChI=1S/C59H113N2O7P/c1-7-10-13-16-19-22-25-28-30-31-33-36-39-42-45-48-51-58(62)60-56(55-67-69(64,65)66-54-53-61(4,5)6)57(50-47-44-41-38-35-32-27-24-21-18-15-12-9-3)68-59(63)52-49-46-43-40-37-34-29-26-23-20-17-14-11-8-2/h30-31,34,37,47,50,56-57H,7-29,32-33,35-36,38-46,48-49,51-55H2,1-6H3,(H-,60,62,64,65)/p+1/b31-30+,37-34-,50-47+. The fraction of sp³-hybridized carbons (Fsp3) is 0.864. The lowest BCUT2D eigenvalue weighted by atomic mass is 10.0. The van der Waals surface area contributed by atoms with Gasteiger partial charge in [-0.15, -0.1) is 0 Å². The number of nitrogens with zero attached hydrogens (tertiary/aromatic N) is 1. The minimum absolute atomic E-state index is 0.0378. The number of carbonyl (C=O) groups is 2. The number of unbranched alkanes of at least 4 members (excludes halogenated alkanes) is 33. The first-order chi connectivity index (χ1) is 33.4. The summed E-state index contributed by atoms with van der Waals surface area (Å²) in [4.78, 5) is 37.6. The van der Waals surface area contributed by atoms with Crippen molar-refractivity contribution in [2.45, 2.75) is 290 Å². The van der Waals surface area contributed by atoms with Gasteiger partial charge in [0.05, 0.1) is 33.8 Å². The molecule has 0 aliphatic rings. The predicted molar refractivity (Wildman–Crippen MR) is 296 cm³/mol. The zero-order valence-corrected chi connectivity index (χ0v) is 47.2. The van der Waals surface area contributed by atoms with Gasteiger partial charge < -0.3 is 19.4 Å². The molecule has 0 saturated heterocycles. The molecule has 0 aromatic rings. The van der Waals surface area contributed by atoms with Gasteiger partial charge in [0.15, 0.2) is 0 Å². The van der Waals surface area contributed by atoms with E-state index < -0.39 is 20.0 Å². The zero-order chi connectivity index (χ0) is 50.8. The number of likely N-dealkylation sites (N-methyl/N-ethyl adjacent to an activating group) is 1. The maximum Gasteiger partial charge on any atom is 0.472 e. The van der Waals surface area contributed by atoms with E-state index in [0.29, 0.717) is 23.9 Å². The van der Waals surface area contributed by atoms with E-state index in [1.807, 2.05) is 33.3 Å². The van der Waals surface area contributed by atoms with E-state index in [1.165, 1.54) is 154 Å². The third-order valence-electron chi connectivity index (χ3n) is 13.1. The predicted octanol–water partition coefficient (Wildman–Crippen LogP) is 17.6. The number of quaternary nitrogens is 1. The molecular weight excluding hydrogens is 880 g/mol. The highest BCUT2D eigenvalue weighted by atomic mass is 31.2. The van der Waals surface area contributed by atoms with Crippen molar-refractivity contribution in [3.63, 3.8) is 0 Å². The highest BCUT2D eigenvalue weighted by Gasteiger charge is 2.30. The Balaban J connectivity index is 5.38. The lowest BCUT2D eigenvalue weighted by Crippen LogP contribution is -2.47. The molecule has 10 heteroatoms. The summed E-state index contributed by atoms with van der Waals surface area (Å²) in [5.74, 6) is -0.525. The molecule has 2 N–H and O–H groups in total. The number of hydrogen-bond donors (Lipinski definition) is 2. The van der Waals surface area contributed by atoms with Gasteiger partial charge in [-0.3, -0.25) is 18.6 Å². The smallest absolute Gasteiger partial charge is 0.456 e. The molecule has 0 heterocycles. The van der Waals surface area contributed by atoms with Crippen LogP contribution in [0.5, 0.6) is 0 Å². The largest absolute Gasteiger partial charge is 0.472 e. The minimum Gasteiger partial charge on any atom is -0.456 e. The van der Waals surface area contributed by atoms with Gasteiger partial charge in [-0.1, -0.05) is 218 Å². The van der Waals surface area contributed by atoms with Crippen LogP contribution in [0.3, 0.4) is 0 Å². The van der Waals surface area contributed by atoms with E-state index in [-0.39, 0.29) is 31.5 Å². The van der Waals surface area contributed by atoms with Crippen molar-refractivity contribution < 1.29 is 37.3 Å². The van der Waals surface area contributed by atoms with Crippen molar-refractivity contribution >= 4 is 19.7 Å².